The van der Waals surface area contributed by atoms with Gasteiger partial charge in [-0.25, -0.2) is 9.78 Å². The lowest BCUT2D eigenvalue weighted by molar-refractivity contribution is -0.134. The standard InChI is InChI=1S/C24H24N6O4S/c31-20(6-2-1-5-19-22-18(13-35-19)29-24(33)30-22)34-15-10-14-4-3-7-27-21(14)16(11-15)28-23(32)17-12-25-8-9-26-17/h3-4,7-12,18-19,22H,1-2,5-6,13H2,(H,28,32)(H2,29,30,33). The highest BCUT2D eigenvalue weighted by Crippen LogP contribution is 2.33. The van der Waals surface area contributed by atoms with E-state index in [0.29, 0.717) is 28.6 Å². The van der Waals surface area contributed by atoms with E-state index in [4.69, 9.17) is 4.74 Å². The molecule has 3 atom stereocenters. The second-order valence-corrected chi connectivity index (χ2v) is 9.70. The highest BCUT2D eigenvalue weighted by Gasteiger charge is 2.42. The van der Waals surface area contributed by atoms with Crippen LogP contribution in [0.1, 0.15) is 36.2 Å². The summed E-state index contributed by atoms with van der Waals surface area (Å²) in [6.45, 7) is 0. The molecule has 0 aliphatic carbocycles. The van der Waals surface area contributed by atoms with Crippen molar-refractivity contribution in [3.05, 3.63) is 54.7 Å². The van der Waals surface area contributed by atoms with E-state index in [1.807, 2.05) is 17.8 Å². The van der Waals surface area contributed by atoms with Gasteiger partial charge in [0.05, 0.1) is 29.5 Å². The predicted molar refractivity (Wildman–Crippen MR) is 131 cm³/mol. The normalized spacial score (nSPS) is 20.7. The summed E-state index contributed by atoms with van der Waals surface area (Å²) in [6, 6.07) is 7.20. The Morgan fingerprint density at radius 3 is 2.91 bits per heavy atom. The Morgan fingerprint density at radius 1 is 1.14 bits per heavy atom. The third-order valence-electron chi connectivity index (χ3n) is 6.01. The number of anilines is 1. The molecule has 3 amide bonds. The average Bonchev–Trinajstić information content (AvgIpc) is 3.41. The number of amides is 3. The molecule has 1 aromatic carbocycles. The van der Waals surface area contributed by atoms with Crippen LogP contribution >= 0.6 is 11.8 Å². The smallest absolute Gasteiger partial charge is 0.315 e. The number of urea groups is 1. The SMILES string of the molecule is O=C1NC2CSC(CCCCC(=O)Oc3cc(NC(=O)c4cnccn4)c4ncccc4c3)C2N1. The minimum Gasteiger partial charge on any atom is -0.426 e. The maximum atomic E-state index is 12.6. The summed E-state index contributed by atoms with van der Waals surface area (Å²) < 4.78 is 5.59. The lowest BCUT2D eigenvalue weighted by Gasteiger charge is -2.16. The maximum absolute atomic E-state index is 12.6. The number of nitrogens with zero attached hydrogens (tertiary/aromatic N) is 3. The van der Waals surface area contributed by atoms with Gasteiger partial charge in [0.15, 0.2) is 0 Å². The number of nitrogens with one attached hydrogen (secondary N) is 3. The summed E-state index contributed by atoms with van der Waals surface area (Å²) in [4.78, 5) is 48.9. The summed E-state index contributed by atoms with van der Waals surface area (Å²) in [5, 5.41) is 9.81. The highest BCUT2D eigenvalue weighted by atomic mass is 32.2. The Hall–Kier alpha value is -3.73. The fraction of sp³-hybridized carbons (Fsp3) is 0.333. The molecule has 180 valence electrons. The molecule has 2 fully saturated rings. The molecule has 3 N–H and O–H groups in total. The molecule has 3 unspecified atom stereocenters. The van der Waals surface area contributed by atoms with Crippen LogP contribution < -0.4 is 20.7 Å². The van der Waals surface area contributed by atoms with E-state index < -0.39 is 5.91 Å². The zero-order valence-electron chi connectivity index (χ0n) is 18.8. The van der Waals surface area contributed by atoms with E-state index in [-0.39, 0.29) is 36.2 Å². The minimum absolute atomic E-state index is 0.0910. The minimum atomic E-state index is -0.436. The number of aromatic nitrogens is 3. The number of esters is 1. The first kappa shape index (κ1) is 23.0. The summed E-state index contributed by atoms with van der Waals surface area (Å²) in [5.41, 5.74) is 1.16. The van der Waals surface area contributed by atoms with Crippen molar-refractivity contribution >= 4 is 46.3 Å². The Morgan fingerprint density at radius 2 is 2.06 bits per heavy atom. The first-order valence-electron chi connectivity index (χ1n) is 11.4. The molecule has 2 aliphatic heterocycles. The van der Waals surface area contributed by atoms with Crippen LogP contribution in [0.2, 0.25) is 0 Å². The van der Waals surface area contributed by atoms with Crippen LogP contribution in [0.15, 0.2) is 49.1 Å². The van der Waals surface area contributed by atoms with Gasteiger partial charge in [0, 0.05) is 47.5 Å². The number of pyridine rings is 1. The van der Waals surface area contributed by atoms with E-state index in [0.717, 1.165) is 24.0 Å². The van der Waals surface area contributed by atoms with Gasteiger partial charge < -0.3 is 20.7 Å². The van der Waals surface area contributed by atoms with Crippen LogP contribution in [-0.4, -0.2) is 55.9 Å². The molecule has 2 saturated heterocycles. The molecule has 0 radical (unpaired) electrons. The van der Waals surface area contributed by atoms with Crippen LogP contribution in [0.25, 0.3) is 10.9 Å². The van der Waals surface area contributed by atoms with Crippen molar-refractivity contribution in [1.82, 2.24) is 25.6 Å². The van der Waals surface area contributed by atoms with E-state index in [1.165, 1.54) is 18.6 Å². The molecule has 3 aromatic rings. The summed E-state index contributed by atoms with van der Waals surface area (Å²) in [7, 11) is 0. The molecular formula is C24H24N6O4S. The predicted octanol–water partition coefficient (Wildman–Crippen LogP) is 2.91. The quantitative estimate of drug-likeness (QED) is 0.189. The van der Waals surface area contributed by atoms with E-state index in [2.05, 4.69) is 30.9 Å². The van der Waals surface area contributed by atoms with Gasteiger partial charge in [0.25, 0.3) is 5.91 Å². The van der Waals surface area contributed by atoms with Crippen molar-refractivity contribution in [3.8, 4) is 5.75 Å². The monoisotopic (exact) mass is 492 g/mol. The third-order valence-corrected chi connectivity index (χ3v) is 7.52. The molecule has 35 heavy (non-hydrogen) atoms. The maximum Gasteiger partial charge on any atom is 0.315 e. The summed E-state index contributed by atoms with van der Waals surface area (Å²) in [5.74, 6) is 0.475. The van der Waals surface area contributed by atoms with Gasteiger partial charge in [-0.15, -0.1) is 0 Å². The number of fused-ring (bicyclic) bond motifs is 2. The molecule has 11 heteroatoms. The van der Waals surface area contributed by atoms with Gasteiger partial charge in [-0.1, -0.05) is 12.5 Å². The zero-order valence-corrected chi connectivity index (χ0v) is 19.6. The zero-order chi connectivity index (χ0) is 24.2. The van der Waals surface area contributed by atoms with Gasteiger partial charge in [0.2, 0.25) is 0 Å². The first-order chi connectivity index (χ1) is 17.1. The molecule has 4 heterocycles. The summed E-state index contributed by atoms with van der Waals surface area (Å²) in [6.07, 6.45) is 8.70. The van der Waals surface area contributed by atoms with Gasteiger partial charge in [-0.05, 0) is 25.0 Å². The highest BCUT2D eigenvalue weighted by molar-refractivity contribution is 8.00. The van der Waals surface area contributed by atoms with Crippen molar-refractivity contribution in [2.75, 3.05) is 11.1 Å². The Kier molecular flexibility index (Phi) is 6.75. The lowest BCUT2D eigenvalue weighted by atomic mass is 10.0. The van der Waals surface area contributed by atoms with E-state index >= 15 is 0 Å². The van der Waals surface area contributed by atoms with E-state index in [1.54, 1.807) is 24.4 Å². The Labute approximate surface area is 205 Å². The molecule has 5 rings (SSSR count). The second kappa shape index (κ2) is 10.3. The fourth-order valence-corrected chi connectivity index (χ4v) is 5.91. The van der Waals surface area contributed by atoms with Gasteiger partial charge >= 0.3 is 12.0 Å². The third kappa shape index (κ3) is 5.35. The van der Waals surface area contributed by atoms with Crippen LogP contribution in [0.5, 0.6) is 5.75 Å². The Balaban J connectivity index is 1.18. The number of hydrogen-bond acceptors (Lipinski definition) is 8. The van der Waals surface area contributed by atoms with Crippen molar-refractivity contribution < 1.29 is 19.1 Å². The van der Waals surface area contributed by atoms with Gasteiger partial charge in [-0.2, -0.15) is 11.8 Å². The van der Waals surface area contributed by atoms with Crippen LogP contribution in [0.4, 0.5) is 10.5 Å². The van der Waals surface area contributed by atoms with Gasteiger partial charge in [-0.3, -0.25) is 19.6 Å². The lowest BCUT2D eigenvalue weighted by Crippen LogP contribution is -2.36. The van der Waals surface area contributed by atoms with Crippen LogP contribution in [0, 0.1) is 0 Å². The molecule has 2 aromatic heterocycles. The number of hydrogen-bond donors (Lipinski definition) is 3. The van der Waals surface area contributed by atoms with Crippen LogP contribution in [-0.2, 0) is 4.79 Å². The molecule has 0 saturated carbocycles. The molecule has 2 aliphatic rings. The summed E-state index contributed by atoms with van der Waals surface area (Å²) >= 11 is 1.86. The molecule has 10 nitrogen and oxygen atoms in total. The molecule has 0 bridgehead atoms. The molecular weight excluding hydrogens is 468 g/mol. The fourth-order valence-electron chi connectivity index (χ4n) is 4.36. The van der Waals surface area contributed by atoms with E-state index in [9.17, 15) is 14.4 Å². The number of unbranched alkanes of at least 4 members (excludes halogenated alkanes) is 1. The Bertz CT molecular complexity index is 1260. The average molecular weight is 493 g/mol. The second-order valence-electron chi connectivity index (χ2n) is 8.43. The van der Waals surface area contributed by atoms with Gasteiger partial charge in [0.1, 0.15) is 11.4 Å². The largest absolute Gasteiger partial charge is 0.426 e. The van der Waals surface area contributed by atoms with Crippen LogP contribution in [0.3, 0.4) is 0 Å². The number of rotatable bonds is 8. The number of thioether (sulfide) groups is 1. The van der Waals surface area contributed by atoms with Crippen molar-refractivity contribution in [1.29, 1.82) is 0 Å². The topological polar surface area (TPSA) is 135 Å². The van der Waals surface area contributed by atoms with Crippen molar-refractivity contribution in [2.24, 2.45) is 0 Å². The number of ether oxygens (including phenoxy) is 1. The number of benzene rings is 1. The first-order valence-corrected chi connectivity index (χ1v) is 12.5. The molecule has 0 spiro atoms. The van der Waals surface area contributed by atoms with Crippen molar-refractivity contribution in [3.63, 3.8) is 0 Å². The number of carbonyl (C=O) groups is 3. The van der Waals surface area contributed by atoms with Crippen molar-refractivity contribution in [2.45, 2.75) is 43.0 Å². The number of carbonyl (C=O) groups excluding carboxylic acids is 3.